The molecule has 0 spiro atoms. The highest BCUT2D eigenvalue weighted by Gasteiger charge is 2.16. The van der Waals surface area contributed by atoms with Gasteiger partial charge in [-0.15, -0.1) is 0 Å². The number of rotatable bonds is 5. The van der Waals surface area contributed by atoms with E-state index in [1.54, 1.807) is 31.4 Å². The number of aromatic nitrogens is 3. The molecule has 0 radical (unpaired) electrons. The van der Waals surface area contributed by atoms with Gasteiger partial charge >= 0.3 is 0 Å². The van der Waals surface area contributed by atoms with Gasteiger partial charge in [-0.1, -0.05) is 19.1 Å². The average Bonchev–Trinajstić information content (AvgIpc) is 3.03. The van der Waals surface area contributed by atoms with Crippen molar-refractivity contribution in [3.05, 3.63) is 59.7 Å². The van der Waals surface area contributed by atoms with Crippen molar-refractivity contribution in [1.82, 2.24) is 14.8 Å². The summed E-state index contributed by atoms with van der Waals surface area (Å²) in [7, 11) is 1.60. The Hall–Kier alpha value is -3.41. The Bertz CT molecular complexity index is 1160. The monoisotopic (exact) mass is 374 g/mol. The molecule has 0 saturated heterocycles. The normalized spacial score (nSPS) is 11.1. The molecule has 4 rings (SSSR count). The molecule has 0 fully saturated rings. The molecule has 1 amide bonds. The summed E-state index contributed by atoms with van der Waals surface area (Å²) in [4.78, 5) is 17.5. The van der Waals surface area contributed by atoms with Gasteiger partial charge < -0.3 is 10.1 Å². The minimum atomic E-state index is -0.213. The molecule has 142 valence electrons. The van der Waals surface area contributed by atoms with Crippen LogP contribution in [0, 0.1) is 6.92 Å². The number of carbonyl (C=O) groups is 1. The van der Waals surface area contributed by atoms with Crippen molar-refractivity contribution in [2.75, 3.05) is 12.4 Å². The maximum atomic E-state index is 12.7. The number of pyridine rings is 1. The van der Waals surface area contributed by atoms with Gasteiger partial charge in [-0.2, -0.15) is 5.10 Å². The number of carbonyl (C=O) groups excluding carboxylic acids is 1. The highest BCUT2D eigenvalue weighted by Crippen LogP contribution is 2.27. The van der Waals surface area contributed by atoms with Crippen LogP contribution in [0.2, 0.25) is 0 Å². The molecule has 0 unspecified atom stereocenters. The molecule has 1 N–H and O–H groups in total. The fourth-order valence-electron chi connectivity index (χ4n) is 3.24. The van der Waals surface area contributed by atoms with E-state index < -0.39 is 0 Å². The average molecular weight is 374 g/mol. The first kappa shape index (κ1) is 18.0. The summed E-state index contributed by atoms with van der Waals surface area (Å²) in [5, 5.41) is 9.42. The maximum absolute atomic E-state index is 12.7. The Morgan fingerprint density at radius 3 is 2.64 bits per heavy atom. The number of methoxy groups -OCH3 is 1. The zero-order valence-corrected chi connectivity index (χ0v) is 16.2. The van der Waals surface area contributed by atoms with Crippen LogP contribution in [0.3, 0.4) is 0 Å². The molecule has 6 nitrogen and oxygen atoms in total. The van der Waals surface area contributed by atoms with Gasteiger partial charge in [0.15, 0.2) is 11.5 Å². The standard InChI is InChI=1S/C22H22N4O2/c1-4-11-26-21-18(13-16-6-5-14(2)12-19(16)23-21)20(25-26)24-22(27)15-7-9-17(28-3)10-8-15/h5-10,12-13H,4,11H2,1-3H3,(H,24,25,27). The quantitative estimate of drug-likeness (QED) is 0.556. The second-order valence-corrected chi connectivity index (χ2v) is 6.81. The molecule has 28 heavy (non-hydrogen) atoms. The first-order valence-electron chi connectivity index (χ1n) is 9.32. The number of fused-ring (bicyclic) bond motifs is 2. The molecule has 6 heteroatoms. The van der Waals surface area contributed by atoms with Gasteiger partial charge in [0, 0.05) is 17.5 Å². The van der Waals surface area contributed by atoms with Gasteiger partial charge in [0.1, 0.15) is 5.75 Å². The van der Waals surface area contributed by atoms with Crippen molar-refractivity contribution in [3.8, 4) is 5.75 Å². The molecule has 4 aromatic rings. The van der Waals surface area contributed by atoms with E-state index in [-0.39, 0.29) is 5.91 Å². The Balaban J connectivity index is 1.76. The summed E-state index contributed by atoms with van der Waals surface area (Å²) in [6.07, 6.45) is 0.927. The first-order chi connectivity index (χ1) is 13.6. The topological polar surface area (TPSA) is 69.0 Å². The summed E-state index contributed by atoms with van der Waals surface area (Å²) < 4.78 is 7.01. The van der Waals surface area contributed by atoms with E-state index >= 15 is 0 Å². The lowest BCUT2D eigenvalue weighted by molar-refractivity contribution is 0.102. The fourth-order valence-corrected chi connectivity index (χ4v) is 3.24. The molecule has 2 aromatic carbocycles. The van der Waals surface area contributed by atoms with Gasteiger partial charge in [-0.25, -0.2) is 9.67 Å². The highest BCUT2D eigenvalue weighted by molar-refractivity contribution is 6.08. The van der Waals surface area contributed by atoms with Gasteiger partial charge in [-0.3, -0.25) is 4.79 Å². The second-order valence-electron chi connectivity index (χ2n) is 6.81. The Morgan fingerprint density at radius 1 is 1.14 bits per heavy atom. The summed E-state index contributed by atoms with van der Waals surface area (Å²) >= 11 is 0. The summed E-state index contributed by atoms with van der Waals surface area (Å²) in [6, 6.07) is 15.2. The molecule has 0 aliphatic rings. The molecule has 0 atom stereocenters. The van der Waals surface area contributed by atoms with E-state index in [0.717, 1.165) is 40.5 Å². The van der Waals surface area contributed by atoms with Crippen molar-refractivity contribution < 1.29 is 9.53 Å². The van der Waals surface area contributed by atoms with Crippen molar-refractivity contribution in [3.63, 3.8) is 0 Å². The SMILES string of the molecule is CCCn1nc(NC(=O)c2ccc(OC)cc2)c2cc3ccc(C)cc3nc21. The summed E-state index contributed by atoms with van der Waals surface area (Å²) in [6.45, 7) is 4.88. The predicted molar refractivity (Wildman–Crippen MR) is 111 cm³/mol. The van der Waals surface area contributed by atoms with Gasteiger partial charge in [0.25, 0.3) is 5.91 Å². The molecule has 0 aliphatic carbocycles. The van der Waals surface area contributed by atoms with Crippen LogP contribution in [0.1, 0.15) is 29.3 Å². The zero-order chi connectivity index (χ0) is 19.7. The summed E-state index contributed by atoms with van der Waals surface area (Å²) in [5.41, 5.74) is 3.42. The van der Waals surface area contributed by atoms with Crippen molar-refractivity contribution in [2.24, 2.45) is 0 Å². The zero-order valence-electron chi connectivity index (χ0n) is 16.2. The van der Waals surface area contributed by atoms with Crippen molar-refractivity contribution in [1.29, 1.82) is 0 Å². The van der Waals surface area contributed by atoms with Crippen LogP contribution in [-0.4, -0.2) is 27.8 Å². The van der Waals surface area contributed by atoms with Crippen LogP contribution in [0.5, 0.6) is 5.75 Å². The lowest BCUT2D eigenvalue weighted by Crippen LogP contribution is -2.12. The lowest BCUT2D eigenvalue weighted by Gasteiger charge is -2.04. The maximum Gasteiger partial charge on any atom is 0.256 e. The van der Waals surface area contributed by atoms with E-state index in [1.165, 1.54) is 0 Å². The number of nitrogens with one attached hydrogen (secondary N) is 1. The largest absolute Gasteiger partial charge is 0.497 e. The second kappa shape index (κ2) is 7.31. The minimum absolute atomic E-state index is 0.213. The number of aryl methyl sites for hydroxylation is 2. The third-order valence-electron chi connectivity index (χ3n) is 4.69. The van der Waals surface area contributed by atoms with Crippen molar-refractivity contribution >= 4 is 33.7 Å². The number of anilines is 1. The lowest BCUT2D eigenvalue weighted by atomic mass is 10.1. The molecular formula is C22H22N4O2. The van der Waals surface area contributed by atoms with E-state index in [1.807, 2.05) is 16.8 Å². The minimum Gasteiger partial charge on any atom is -0.497 e. The van der Waals surface area contributed by atoms with Crippen molar-refractivity contribution in [2.45, 2.75) is 26.8 Å². The van der Waals surface area contributed by atoms with E-state index in [9.17, 15) is 4.79 Å². The van der Waals surface area contributed by atoms with E-state index in [2.05, 4.69) is 36.4 Å². The predicted octanol–water partition coefficient (Wildman–Crippen LogP) is 4.56. The molecule has 2 heterocycles. The number of nitrogens with zero attached hydrogens (tertiary/aromatic N) is 3. The molecule has 0 aliphatic heterocycles. The number of hydrogen-bond donors (Lipinski definition) is 1. The van der Waals surface area contributed by atoms with Gasteiger partial charge in [-0.05, 0) is 55.3 Å². The Morgan fingerprint density at radius 2 is 1.93 bits per heavy atom. The smallest absolute Gasteiger partial charge is 0.256 e. The van der Waals surface area contributed by atoms with E-state index in [4.69, 9.17) is 9.72 Å². The first-order valence-corrected chi connectivity index (χ1v) is 9.32. The van der Waals surface area contributed by atoms with Crippen LogP contribution in [0.4, 0.5) is 5.82 Å². The number of benzene rings is 2. The van der Waals surface area contributed by atoms with Gasteiger partial charge in [0.05, 0.1) is 18.0 Å². The molecule has 0 saturated carbocycles. The molecular weight excluding hydrogens is 352 g/mol. The Kier molecular flexibility index (Phi) is 4.69. The van der Waals surface area contributed by atoms with Crippen LogP contribution in [-0.2, 0) is 6.54 Å². The summed E-state index contributed by atoms with van der Waals surface area (Å²) in [5.74, 6) is 1.02. The number of amides is 1. The fraction of sp³-hybridized carbons (Fsp3) is 0.227. The molecule has 0 bridgehead atoms. The highest BCUT2D eigenvalue weighted by atomic mass is 16.5. The number of hydrogen-bond acceptors (Lipinski definition) is 4. The van der Waals surface area contributed by atoms with Crippen LogP contribution in [0.25, 0.3) is 21.9 Å². The Labute approximate surface area is 163 Å². The van der Waals surface area contributed by atoms with Crippen LogP contribution >= 0.6 is 0 Å². The van der Waals surface area contributed by atoms with Gasteiger partial charge in [0.2, 0.25) is 0 Å². The number of ether oxygens (including phenoxy) is 1. The third kappa shape index (κ3) is 3.29. The third-order valence-corrected chi connectivity index (χ3v) is 4.69. The van der Waals surface area contributed by atoms with Crippen LogP contribution in [0.15, 0.2) is 48.5 Å². The molecule has 2 aromatic heterocycles. The van der Waals surface area contributed by atoms with E-state index in [0.29, 0.717) is 17.1 Å². The van der Waals surface area contributed by atoms with Crippen LogP contribution < -0.4 is 10.1 Å².